The smallest absolute Gasteiger partial charge is 0.0702 e. The minimum absolute atomic E-state index is 0.154. The van der Waals surface area contributed by atoms with Crippen molar-refractivity contribution in [1.82, 2.24) is 14.5 Å². The highest BCUT2D eigenvalue weighted by atomic mass is 15.0. The molecular weight excluding hydrogens is 631 g/mol. The predicted molar refractivity (Wildman–Crippen MR) is 217 cm³/mol. The fourth-order valence-corrected chi connectivity index (χ4v) is 8.77. The van der Waals surface area contributed by atoms with Gasteiger partial charge in [0, 0.05) is 50.8 Å². The number of rotatable bonds is 4. The zero-order chi connectivity index (χ0) is 34.6. The summed E-state index contributed by atoms with van der Waals surface area (Å²) in [5.74, 6) is 0. The van der Waals surface area contributed by atoms with E-state index in [0.29, 0.717) is 0 Å². The van der Waals surface area contributed by atoms with Crippen LogP contribution in [0.25, 0.3) is 93.5 Å². The number of benzene rings is 7. The molecule has 0 N–H and O–H groups in total. The predicted octanol–water partition coefficient (Wildman–Crippen LogP) is 12.7. The topological polar surface area (TPSA) is 30.7 Å². The van der Waals surface area contributed by atoms with Gasteiger partial charge in [-0.2, -0.15) is 0 Å². The number of fused-ring (bicyclic) bond motifs is 4. The molecule has 1 aliphatic rings. The fourth-order valence-electron chi connectivity index (χ4n) is 8.77. The third-order valence-corrected chi connectivity index (χ3v) is 11.4. The molecule has 52 heavy (non-hydrogen) atoms. The molecule has 3 heterocycles. The van der Waals surface area contributed by atoms with Crippen LogP contribution in [0.2, 0.25) is 0 Å². The van der Waals surface area contributed by atoms with Gasteiger partial charge in [-0.05, 0) is 128 Å². The van der Waals surface area contributed by atoms with Gasteiger partial charge in [0.15, 0.2) is 0 Å². The molecule has 3 nitrogen and oxygen atoms in total. The Morgan fingerprint density at radius 3 is 1.94 bits per heavy atom. The van der Waals surface area contributed by atoms with Gasteiger partial charge in [0.1, 0.15) is 0 Å². The number of pyridine rings is 2. The van der Waals surface area contributed by atoms with Crippen LogP contribution in [0.1, 0.15) is 25.0 Å². The Morgan fingerprint density at radius 2 is 1.13 bits per heavy atom. The molecule has 1 aliphatic carbocycles. The average Bonchev–Trinajstić information content (AvgIpc) is 3.65. The number of hydrogen-bond donors (Lipinski definition) is 0. The monoisotopic (exact) mass is 663 g/mol. The first kappa shape index (κ1) is 29.2. The number of para-hydroxylation sites is 2. The van der Waals surface area contributed by atoms with E-state index in [9.17, 15) is 0 Å². The molecule has 3 aromatic heterocycles. The lowest BCUT2D eigenvalue weighted by atomic mass is 9.80. The summed E-state index contributed by atoms with van der Waals surface area (Å²) in [4.78, 5) is 9.61. The standard InChI is InChI=1S/C49H33N3/c1-49(2)41-27-36(30-16-19-43-32(23-30)9-8-22-50-43)24-33-14-15-34-25-37(28-42(49)48(34)47(33)41)44-20-17-35(29-51-44)31-18-21-46-40(26-31)39-12-6-7-13-45(39)52(46)38-10-4-3-5-11-38/h3-29H,1-2H3. The number of nitrogens with zero attached hydrogens (tertiary/aromatic N) is 3. The van der Waals surface area contributed by atoms with Gasteiger partial charge < -0.3 is 4.57 Å². The lowest BCUT2D eigenvalue weighted by Gasteiger charge is -2.23. The molecule has 0 saturated heterocycles. The second kappa shape index (κ2) is 10.7. The highest BCUT2D eigenvalue weighted by Crippen LogP contribution is 2.51. The van der Waals surface area contributed by atoms with Crippen molar-refractivity contribution >= 4 is 54.3 Å². The Hall–Kier alpha value is -6.58. The van der Waals surface area contributed by atoms with Crippen LogP contribution in [0, 0.1) is 0 Å². The quantitative estimate of drug-likeness (QED) is 0.175. The van der Waals surface area contributed by atoms with Gasteiger partial charge in [0.25, 0.3) is 0 Å². The van der Waals surface area contributed by atoms with E-state index in [1.807, 2.05) is 18.5 Å². The first-order chi connectivity index (χ1) is 25.5. The molecule has 11 rings (SSSR count). The van der Waals surface area contributed by atoms with E-state index >= 15 is 0 Å². The second-order valence-electron chi connectivity index (χ2n) is 14.7. The van der Waals surface area contributed by atoms with Gasteiger partial charge in [-0.15, -0.1) is 0 Å². The van der Waals surface area contributed by atoms with Crippen LogP contribution in [-0.4, -0.2) is 14.5 Å². The molecule has 0 bridgehead atoms. The highest BCUT2D eigenvalue weighted by molar-refractivity contribution is 6.17. The minimum atomic E-state index is -0.154. The van der Waals surface area contributed by atoms with Crippen molar-refractivity contribution in [2.24, 2.45) is 0 Å². The van der Waals surface area contributed by atoms with Crippen molar-refractivity contribution in [2.45, 2.75) is 19.3 Å². The van der Waals surface area contributed by atoms with Gasteiger partial charge >= 0.3 is 0 Å². The Morgan fingerprint density at radius 1 is 0.462 bits per heavy atom. The molecular formula is C49H33N3. The summed E-state index contributed by atoms with van der Waals surface area (Å²) in [5, 5.41) is 8.96. The van der Waals surface area contributed by atoms with Crippen LogP contribution in [0.4, 0.5) is 0 Å². The molecule has 0 fully saturated rings. The molecule has 0 unspecified atom stereocenters. The van der Waals surface area contributed by atoms with Crippen molar-refractivity contribution in [2.75, 3.05) is 0 Å². The van der Waals surface area contributed by atoms with Gasteiger partial charge in [0.2, 0.25) is 0 Å². The van der Waals surface area contributed by atoms with E-state index in [0.717, 1.165) is 33.3 Å². The molecule has 0 atom stereocenters. The Kier molecular flexibility index (Phi) is 6.01. The Labute approximate surface area is 301 Å². The van der Waals surface area contributed by atoms with E-state index in [1.54, 1.807) is 0 Å². The van der Waals surface area contributed by atoms with Crippen molar-refractivity contribution in [3.8, 4) is 39.2 Å². The fraction of sp³-hybridized carbons (Fsp3) is 0.0612. The summed E-state index contributed by atoms with van der Waals surface area (Å²) in [6.07, 6.45) is 3.89. The molecule has 0 saturated carbocycles. The zero-order valence-electron chi connectivity index (χ0n) is 28.9. The molecule has 0 aliphatic heterocycles. The maximum absolute atomic E-state index is 5.08. The van der Waals surface area contributed by atoms with E-state index < -0.39 is 0 Å². The number of aromatic nitrogens is 3. The molecule has 0 spiro atoms. The van der Waals surface area contributed by atoms with Crippen molar-refractivity contribution in [1.29, 1.82) is 0 Å². The van der Waals surface area contributed by atoms with E-state index in [2.05, 4.69) is 169 Å². The van der Waals surface area contributed by atoms with Crippen molar-refractivity contribution < 1.29 is 0 Å². The first-order valence-electron chi connectivity index (χ1n) is 18.0. The zero-order valence-corrected chi connectivity index (χ0v) is 28.9. The first-order valence-corrected chi connectivity index (χ1v) is 18.0. The Balaban J connectivity index is 0.977. The van der Waals surface area contributed by atoms with Crippen molar-refractivity contribution in [3.05, 3.63) is 175 Å². The molecule has 0 amide bonds. The lowest BCUT2D eigenvalue weighted by molar-refractivity contribution is 0.663. The summed E-state index contributed by atoms with van der Waals surface area (Å²) in [5.41, 5.74) is 14.1. The van der Waals surface area contributed by atoms with Crippen LogP contribution >= 0.6 is 0 Å². The summed E-state index contributed by atoms with van der Waals surface area (Å²) in [7, 11) is 0. The van der Waals surface area contributed by atoms with E-state index in [-0.39, 0.29) is 5.41 Å². The normalized spacial score (nSPS) is 13.3. The summed E-state index contributed by atoms with van der Waals surface area (Å²) < 4.78 is 2.36. The van der Waals surface area contributed by atoms with E-state index in [4.69, 9.17) is 4.98 Å². The largest absolute Gasteiger partial charge is 0.309 e. The van der Waals surface area contributed by atoms with Crippen LogP contribution in [0.15, 0.2) is 164 Å². The molecule has 10 aromatic rings. The van der Waals surface area contributed by atoms with Gasteiger partial charge in [-0.1, -0.05) is 86.6 Å². The van der Waals surface area contributed by atoms with Gasteiger partial charge in [-0.25, -0.2) is 0 Å². The molecule has 7 aromatic carbocycles. The van der Waals surface area contributed by atoms with Crippen LogP contribution < -0.4 is 0 Å². The Bertz CT molecular complexity index is 3080. The maximum Gasteiger partial charge on any atom is 0.0702 e. The molecule has 0 radical (unpaired) electrons. The third kappa shape index (κ3) is 4.20. The SMILES string of the molecule is CC1(C)c2cc(-c3ccc4ncccc4c3)cc3ccc4cc(-c5ccc(-c6ccc7c(c6)c6ccccc6n7-c6ccccc6)cn5)cc1c4c23. The third-order valence-electron chi connectivity index (χ3n) is 11.4. The molecule has 244 valence electrons. The van der Waals surface area contributed by atoms with Crippen LogP contribution in [0.3, 0.4) is 0 Å². The highest BCUT2D eigenvalue weighted by Gasteiger charge is 2.35. The van der Waals surface area contributed by atoms with Crippen LogP contribution in [0.5, 0.6) is 0 Å². The van der Waals surface area contributed by atoms with Gasteiger partial charge in [-0.3, -0.25) is 9.97 Å². The summed E-state index contributed by atoms with van der Waals surface area (Å²) in [6.45, 7) is 4.74. The van der Waals surface area contributed by atoms with Crippen LogP contribution in [-0.2, 0) is 5.41 Å². The maximum atomic E-state index is 5.08. The summed E-state index contributed by atoms with van der Waals surface area (Å²) >= 11 is 0. The molecule has 3 heteroatoms. The van der Waals surface area contributed by atoms with E-state index in [1.165, 1.54) is 71.3 Å². The lowest BCUT2D eigenvalue weighted by Crippen LogP contribution is -2.15. The minimum Gasteiger partial charge on any atom is -0.309 e. The number of hydrogen-bond acceptors (Lipinski definition) is 2. The average molecular weight is 664 g/mol. The van der Waals surface area contributed by atoms with Gasteiger partial charge in [0.05, 0.1) is 22.2 Å². The summed E-state index contributed by atoms with van der Waals surface area (Å²) in [6, 6.07) is 55.3. The van der Waals surface area contributed by atoms with Crippen molar-refractivity contribution in [3.63, 3.8) is 0 Å². The second-order valence-corrected chi connectivity index (χ2v) is 14.7.